The zero-order chi connectivity index (χ0) is 13.9. The van der Waals surface area contributed by atoms with Crippen LogP contribution >= 0.6 is 0 Å². The molecule has 3 nitrogen and oxygen atoms in total. The van der Waals surface area contributed by atoms with Crippen molar-refractivity contribution in [3.63, 3.8) is 0 Å². The lowest BCUT2D eigenvalue weighted by molar-refractivity contribution is 0.248. The molecule has 2 aliphatic heterocycles. The van der Waals surface area contributed by atoms with Gasteiger partial charge in [-0.2, -0.15) is 0 Å². The van der Waals surface area contributed by atoms with Crippen molar-refractivity contribution >= 4 is 5.69 Å². The number of hydrogen-bond donors (Lipinski definition) is 1. The fourth-order valence-electron chi connectivity index (χ4n) is 3.96. The van der Waals surface area contributed by atoms with Gasteiger partial charge in [0.15, 0.2) is 0 Å². The van der Waals surface area contributed by atoms with Crippen LogP contribution in [0.2, 0.25) is 0 Å². The summed E-state index contributed by atoms with van der Waals surface area (Å²) in [4.78, 5) is 2.66. The standard InChI is InChI=1S/C17H26N2O/c1-3-20-17-10-5-4-9-16(17)19-14-7-6-8-15(19)12-13(11-14)18-2/h4-5,9-10,13-15,18H,3,6-8,11-12H2,1-2H3. The van der Waals surface area contributed by atoms with Crippen LogP contribution in [0.25, 0.3) is 0 Å². The van der Waals surface area contributed by atoms with Gasteiger partial charge in [-0.25, -0.2) is 0 Å². The molecule has 1 aromatic rings. The van der Waals surface area contributed by atoms with Gasteiger partial charge in [0.1, 0.15) is 5.75 Å². The smallest absolute Gasteiger partial charge is 0.142 e. The Morgan fingerprint density at radius 1 is 1.20 bits per heavy atom. The van der Waals surface area contributed by atoms with Crippen molar-refractivity contribution in [2.75, 3.05) is 18.6 Å². The van der Waals surface area contributed by atoms with E-state index in [-0.39, 0.29) is 0 Å². The molecule has 20 heavy (non-hydrogen) atoms. The van der Waals surface area contributed by atoms with Crippen LogP contribution in [0, 0.1) is 0 Å². The molecule has 3 rings (SSSR count). The van der Waals surface area contributed by atoms with Crippen LogP contribution in [0.15, 0.2) is 24.3 Å². The van der Waals surface area contributed by atoms with E-state index in [4.69, 9.17) is 4.74 Å². The number of ether oxygens (including phenoxy) is 1. The normalized spacial score (nSPS) is 29.3. The largest absolute Gasteiger partial charge is 0.492 e. The maximum absolute atomic E-state index is 5.85. The Bertz CT molecular complexity index is 434. The molecular weight excluding hydrogens is 248 g/mol. The lowest BCUT2D eigenvalue weighted by atomic mass is 9.81. The Morgan fingerprint density at radius 2 is 1.90 bits per heavy atom. The molecule has 0 aliphatic carbocycles. The molecule has 2 fully saturated rings. The second-order valence-corrected chi connectivity index (χ2v) is 6.00. The van der Waals surface area contributed by atoms with Gasteiger partial charge in [-0.05, 0) is 58.2 Å². The average Bonchev–Trinajstić information content (AvgIpc) is 2.47. The number of fused-ring (bicyclic) bond motifs is 2. The topological polar surface area (TPSA) is 24.5 Å². The first-order valence-corrected chi connectivity index (χ1v) is 8.01. The highest BCUT2D eigenvalue weighted by molar-refractivity contribution is 5.60. The highest BCUT2D eigenvalue weighted by Gasteiger charge is 2.38. The van der Waals surface area contributed by atoms with Crippen LogP contribution in [0.3, 0.4) is 0 Å². The van der Waals surface area contributed by atoms with Crippen LogP contribution in [0.4, 0.5) is 5.69 Å². The molecule has 2 heterocycles. The maximum Gasteiger partial charge on any atom is 0.142 e. The highest BCUT2D eigenvalue weighted by atomic mass is 16.5. The Kier molecular flexibility index (Phi) is 4.16. The van der Waals surface area contributed by atoms with Crippen molar-refractivity contribution in [2.45, 2.75) is 57.2 Å². The molecule has 0 amide bonds. The van der Waals surface area contributed by atoms with Crippen LogP contribution < -0.4 is 15.0 Å². The number of piperidine rings is 2. The molecule has 2 bridgehead atoms. The Labute approximate surface area is 122 Å². The van der Waals surface area contributed by atoms with Gasteiger partial charge in [-0.15, -0.1) is 0 Å². The molecule has 0 radical (unpaired) electrons. The second-order valence-electron chi connectivity index (χ2n) is 6.00. The summed E-state index contributed by atoms with van der Waals surface area (Å²) in [6.07, 6.45) is 6.52. The van der Waals surface area contributed by atoms with E-state index in [1.54, 1.807) is 0 Å². The molecule has 110 valence electrons. The summed E-state index contributed by atoms with van der Waals surface area (Å²) in [5, 5.41) is 3.49. The predicted octanol–water partition coefficient (Wildman–Crippen LogP) is 3.19. The second kappa shape index (κ2) is 6.04. The quantitative estimate of drug-likeness (QED) is 0.912. The Hall–Kier alpha value is -1.22. The van der Waals surface area contributed by atoms with Gasteiger partial charge >= 0.3 is 0 Å². The lowest BCUT2D eigenvalue weighted by Crippen LogP contribution is -2.56. The SMILES string of the molecule is CCOc1ccccc1N1C2CCCC1CC(NC)C2. The third kappa shape index (κ3) is 2.51. The molecule has 1 aromatic carbocycles. The van der Waals surface area contributed by atoms with E-state index >= 15 is 0 Å². The zero-order valence-corrected chi connectivity index (χ0v) is 12.6. The Balaban J connectivity index is 1.89. The van der Waals surface area contributed by atoms with Crippen molar-refractivity contribution in [1.29, 1.82) is 0 Å². The van der Waals surface area contributed by atoms with Crippen molar-refractivity contribution in [3.8, 4) is 5.75 Å². The lowest BCUT2D eigenvalue weighted by Gasteiger charge is -2.50. The highest BCUT2D eigenvalue weighted by Crippen LogP contribution is 2.41. The molecule has 3 heteroatoms. The third-order valence-electron chi connectivity index (χ3n) is 4.83. The van der Waals surface area contributed by atoms with Gasteiger partial charge in [-0.1, -0.05) is 12.1 Å². The van der Waals surface area contributed by atoms with Gasteiger partial charge in [0, 0.05) is 18.1 Å². The molecule has 0 aromatic heterocycles. The van der Waals surface area contributed by atoms with Gasteiger partial charge in [0.2, 0.25) is 0 Å². The minimum atomic E-state index is 0.668. The molecule has 2 atom stereocenters. The van der Waals surface area contributed by atoms with E-state index in [9.17, 15) is 0 Å². The summed E-state index contributed by atoms with van der Waals surface area (Å²) in [5.74, 6) is 1.05. The van der Waals surface area contributed by atoms with Gasteiger partial charge in [0.05, 0.1) is 12.3 Å². The summed E-state index contributed by atoms with van der Waals surface area (Å²) in [6, 6.07) is 10.6. The summed E-state index contributed by atoms with van der Waals surface area (Å²) in [5.41, 5.74) is 1.30. The van der Waals surface area contributed by atoms with E-state index in [2.05, 4.69) is 48.5 Å². The zero-order valence-electron chi connectivity index (χ0n) is 12.6. The van der Waals surface area contributed by atoms with Crippen LogP contribution in [0.1, 0.15) is 39.0 Å². The fraction of sp³-hybridized carbons (Fsp3) is 0.647. The minimum Gasteiger partial charge on any atom is -0.492 e. The minimum absolute atomic E-state index is 0.668. The first-order valence-electron chi connectivity index (χ1n) is 8.01. The van der Waals surface area contributed by atoms with E-state index in [1.807, 2.05) is 0 Å². The van der Waals surface area contributed by atoms with E-state index in [0.717, 1.165) is 12.4 Å². The molecule has 2 saturated heterocycles. The number of nitrogens with one attached hydrogen (secondary N) is 1. The van der Waals surface area contributed by atoms with E-state index in [1.165, 1.54) is 37.8 Å². The average molecular weight is 274 g/mol. The van der Waals surface area contributed by atoms with Crippen LogP contribution in [-0.4, -0.2) is 31.8 Å². The number of para-hydroxylation sites is 2. The van der Waals surface area contributed by atoms with Crippen LogP contribution in [0.5, 0.6) is 5.75 Å². The van der Waals surface area contributed by atoms with Crippen LogP contribution in [-0.2, 0) is 0 Å². The third-order valence-corrected chi connectivity index (χ3v) is 4.83. The molecule has 2 aliphatic rings. The summed E-state index contributed by atoms with van der Waals surface area (Å²) in [7, 11) is 2.10. The van der Waals surface area contributed by atoms with Crippen molar-refractivity contribution in [1.82, 2.24) is 5.32 Å². The van der Waals surface area contributed by atoms with E-state index < -0.39 is 0 Å². The molecular formula is C17H26N2O. The first-order chi connectivity index (χ1) is 9.83. The monoisotopic (exact) mass is 274 g/mol. The molecule has 2 unspecified atom stereocenters. The summed E-state index contributed by atoms with van der Waals surface area (Å²) in [6.45, 7) is 2.80. The number of nitrogens with zero attached hydrogens (tertiary/aromatic N) is 1. The van der Waals surface area contributed by atoms with Crippen molar-refractivity contribution < 1.29 is 4.74 Å². The predicted molar refractivity (Wildman–Crippen MR) is 83.6 cm³/mol. The van der Waals surface area contributed by atoms with Crippen molar-refractivity contribution in [2.24, 2.45) is 0 Å². The number of hydrogen-bond acceptors (Lipinski definition) is 3. The molecule has 0 saturated carbocycles. The maximum atomic E-state index is 5.85. The van der Waals surface area contributed by atoms with E-state index in [0.29, 0.717) is 18.1 Å². The molecule has 0 spiro atoms. The number of anilines is 1. The fourth-order valence-corrected chi connectivity index (χ4v) is 3.96. The summed E-state index contributed by atoms with van der Waals surface area (Å²) >= 11 is 0. The van der Waals surface area contributed by atoms with Gasteiger partial charge in [-0.3, -0.25) is 0 Å². The van der Waals surface area contributed by atoms with Gasteiger partial charge < -0.3 is 15.0 Å². The van der Waals surface area contributed by atoms with Gasteiger partial charge in [0.25, 0.3) is 0 Å². The summed E-state index contributed by atoms with van der Waals surface area (Å²) < 4.78 is 5.85. The first kappa shape index (κ1) is 13.7. The molecule has 1 N–H and O–H groups in total. The number of rotatable bonds is 4. The number of benzene rings is 1. The van der Waals surface area contributed by atoms with Crippen molar-refractivity contribution in [3.05, 3.63) is 24.3 Å². The Morgan fingerprint density at radius 3 is 2.55 bits per heavy atom.